The van der Waals surface area contributed by atoms with Crippen molar-refractivity contribution in [3.8, 4) is 0 Å². The predicted octanol–water partition coefficient (Wildman–Crippen LogP) is 3.88. The molecule has 0 radical (unpaired) electrons. The lowest BCUT2D eigenvalue weighted by molar-refractivity contribution is 0.827. The van der Waals surface area contributed by atoms with Gasteiger partial charge in [0.05, 0.1) is 11.0 Å². The van der Waals surface area contributed by atoms with E-state index < -0.39 is 0 Å². The van der Waals surface area contributed by atoms with Gasteiger partial charge in [-0.1, -0.05) is 27.7 Å². The van der Waals surface area contributed by atoms with Gasteiger partial charge in [-0.2, -0.15) is 0 Å². The molecule has 0 spiro atoms. The van der Waals surface area contributed by atoms with Crippen molar-refractivity contribution in [1.29, 1.82) is 0 Å². The highest BCUT2D eigenvalue weighted by Gasteiger charge is 2.05. The van der Waals surface area contributed by atoms with Crippen LogP contribution in [0.3, 0.4) is 0 Å². The van der Waals surface area contributed by atoms with Crippen LogP contribution >= 0.6 is 0 Å². The van der Waals surface area contributed by atoms with E-state index in [0.717, 1.165) is 16.7 Å². The van der Waals surface area contributed by atoms with E-state index in [1.54, 1.807) is 0 Å². The third kappa shape index (κ3) is 2.06. The first-order chi connectivity index (χ1) is 7.58. The first kappa shape index (κ1) is 11.1. The van der Waals surface area contributed by atoms with E-state index in [9.17, 15) is 0 Å². The van der Waals surface area contributed by atoms with Crippen LogP contribution in [0.25, 0.3) is 11.0 Å². The zero-order valence-electron chi connectivity index (χ0n) is 10.4. The Kier molecular flexibility index (Phi) is 2.90. The molecule has 2 nitrogen and oxygen atoms in total. The van der Waals surface area contributed by atoms with Crippen molar-refractivity contribution < 1.29 is 0 Å². The van der Waals surface area contributed by atoms with Crippen molar-refractivity contribution in [2.45, 2.75) is 39.5 Å². The van der Waals surface area contributed by atoms with Gasteiger partial charge in [-0.15, -0.1) is 0 Å². The molecule has 2 rings (SSSR count). The zero-order valence-corrected chi connectivity index (χ0v) is 10.4. The first-order valence-electron chi connectivity index (χ1n) is 5.84. The molecule has 0 N–H and O–H groups in total. The van der Waals surface area contributed by atoms with Gasteiger partial charge in [0, 0.05) is 11.9 Å². The van der Waals surface area contributed by atoms with Gasteiger partial charge in [0.25, 0.3) is 0 Å². The van der Waals surface area contributed by atoms with Gasteiger partial charge in [0.1, 0.15) is 0 Å². The number of fused-ring (bicyclic) bond motifs is 1. The van der Waals surface area contributed by atoms with Crippen LogP contribution in [0.4, 0.5) is 0 Å². The maximum atomic E-state index is 4.66. The van der Waals surface area contributed by atoms with Crippen molar-refractivity contribution in [1.82, 2.24) is 9.97 Å². The molecule has 0 saturated heterocycles. The SMILES string of the molecule is CC(C)c1cnc2ccc(C(C)C)nc2c1. The van der Waals surface area contributed by atoms with Gasteiger partial charge >= 0.3 is 0 Å². The van der Waals surface area contributed by atoms with Gasteiger partial charge < -0.3 is 0 Å². The average Bonchev–Trinajstić information content (AvgIpc) is 2.27. The lowest BCUT2D eigenvalue weighted by Gasteiger charge is -2.08. The number of rotatable bonds is 2. The monoisotopic (exact) mass is 214 g/mol. The van der Waals surface area contributed by atoms with Crippen molar-refractivity contribution in [2.75, 3.05) is 0 Å². The third-order valence-corrected chi connectivity index (χ3v) is 2.84. The minimum absolute atomic E-state index is 0.465. The smallest absolute Gasteiger partial charge is 0.0892 e. The van der Waals surface area contributed by atoms with Crippen LogP contribution in [0.15, 0.2) is 24.4 Å². The summed E-state index contributed by atoms with van der Waals surface area (Å²) in [5.74, 6) is 0.966. The molecule has 0 fully saturated rings. The number of nitrogens with zero attached hydrogens (tertiary/aromatic N) is 2. The lowest BCUT2D eigenvalue weighted by Crippen LogP contribution is -1.95. The predicted molar refractivity (Wildman–Crippen MR) is 67.7 cm³/mol. The molecule has 2 heteroatoms. The molecule has 0 amide bonds. The molecule has 2 heterocycles. The van der Waals surface area contributed by atoms with E-state index in [1.165, 1.54) is 5.56 Å². The van der Waals surface area contributed by atoms with Gasteiger partial charge in [0.2, 0.25) is 0 Å². The van der Waals surface area contributed by atoms with E-state index in [4.69, 9.17) is 0 Å². The fraction of sp³-hybridized carbons (Fsp3) is 0.429. The van der Waals surface area contributed by atoms with E-state index in [2.05, 4.69) is 55.9 Å². The number of aromatic nitrogens is 2. The van der Waals surface area contributed by atoms with Crippen molar-refractivity contribution in [2.24, 2.45) is 0 Å². The van der Waals surface area contributed by atoms with Crippen LogP contribution in [-0.2, 0) is 0 Å². The summed E-state index contributed by atoms with van der Waals surface area (Å²) in [4.78, 5) is 9.10. The Balaban J connectivity index is 2.56. The molecule has 0 aliphatic heterocycles. The molecule has 0 aromatic carbocycles. The maximum absolute atomic E-state index is 4.66. The van der Waals surface area contributed by atoms with Crippen LogP contribution in [0.2, 0.25) is 0 Å². The highest BCUT2D eigenvalue weighted by Crippen LogP contribution is 2.20. The minimum atomic E-state index is 0.465. The summed E-state index contributed by atoms with van der Waals surface area (Å²) in [5.41, 5.74) is 4.38. The summed E-state index contributed by atoms with van der Waals surface area (Å²) in [5, 5.41) is 0. The molecular weight excluding hydrogens is 196 g/mol. The van der Waals surface area contributed by atoms with Crippen molar-refractivity contribution in [3.63, 3.8) is 0 Å². The van der Waals surface area contributed by atoms with Gasteiger partial charge in [-0.25, -0.2) is 0 Å². The summed E-state index contributed by atoms with van der Waals surface area (Å²) in [6.07, 6.45) is 1.95. The van der Waals surface area contributed by atoms with E-state index in [-0.39, 0.29) is 0 Å². The van der Waals surface area contributed by atoms with E-state index in [1.807, 2.05) is 6.20 Å². The summed E-state index contributed by atoms with van der Waals surface area (Å²) < 4.78 is 0. The molecule has 16 heavy (non-hydrogen) atoms. The van der Waals surface area contributed by atoms with Crippen LogP contribution < -0.4 is 0 Å². The number of hydrogen-bond acceptors (Lipinski definition) is 2. The normalized spacial score (nSPS) is 11.6. The Morgan fingerprint density at radius 1 is 0.938 bits per heavy atom. The molecule has 0 aliphatic rings. The standard InChI is InChI=1S/C14H18N2/c1-9(2)11-7-14-13(15-8-11)6-5-12(16-14)10(3)4/h5-10H,1-4H3. The molecule has 2 aromatic heterocycles. The molecule has 0 bridgehead atoms. The second-order valence-electron chi connectivity index (χ2n) is 4.85. The molecular formula is C14H18N2. The first-order valence-corrected chi connectivity index (χ1v) is 5.84. The molecule has 2 aromatic rings. The summed E-state index contributed by atoms with van der Waals surface area (Å²) in [7, 11) is 0. The van der Waals surface area contributed by atoms with Gasteiger partial charge in [0.15, 0.2) is 0 Å². The average molecular weight is 214 g/mol. The van der Waals surface area contributed by atoms with Crippen LogP contribution in [-0.4, -0.2) is 9.97 Å². The Morgan fingerprint density at radius 3 is 2.31 bits per heavy atom. The fourth-order valence-corrected chi connectivity index (χ4v) is 1.68. The second-order valence-corrected chi connectivity index (χ2v) is 4.85. The van der Waals surface area contributed by atoms with Crippen LogP contribution in [0.5, 0.6) is 0 Å². The molecule has 0 atom stereocenters. The number of pyridine rings is 2. The Bertz CT molecular complexity index is 458. The molecule has 0 aliphatic carbocycles. The number of hydrogen-bond donors (Lipinski definition) is 0. The zero-order chi connectivity index (χ0) is 11.7. The maximum Gasteiger partial charge on any atom is 0.0892 e. The quantitative estimate of drug-likeness (QED) is 0.758. The van der Waals surface area contributed by atoms with Gasteiger partial charge in [-0.05, 0) is 35.6 Å². The highest BCUT2D eigenvalue weighted by atomic mass is 14.8. The fourth-order valence-electron chi connectivity index (χ4n) is 1.68. The Hall–Kier alpha value is -1.44. The summed E-state index contributed by atoms with van der Waals surface area (Å²) in [6, 6.07) is 6.27. The largest absolute Gasteiger partial charge is 0.254 e. The summed E-state index contributed by atoms with van der Waals surface area (Å²) in [6.45, 7) is 8.67. The van der Waals surface area contributed by atoms with E-state index >= 15 is 0 Å². The Morgan fingerprint density at radius 2 is 1.69 bits per heavy atom. The van der Waals surface area contributed by atoms with Crippen LogP contribution in [0.1, 0.15) is 50.8 Å². The van der Waals surface area contributed by atoms with Gasteiger partial charge in [-0.3, -0.25) is 9.97 Å². The Labute approximate surface area is 96.7 Å². The van der Waals surface area contributed by atoms with E-state index in [0.29, 0.717) is 11.8 Å². The minimum Gasteiger partial charge on any atom is -0.254 e. The lowest BCUT2D eigenvalue weighted by atomic mass is 10.0. The van der Waals surface area contributed by atoms with Crippen LogP contribution in [0, 0.1) is 0 Å². The second kappa shape index (κ2) is 4.20. The summed E-state index contributed by atoms with van der Waals surface area (Å²) >= 11 is 0. The third-order valence-electron chi connectivity index (χ3n) is 2.84. The van der Waals surface area contributed by atoms with Crippen molar-refractivity contribution in [3.05, 3.63) is 35.7 Å². The topological polar surface area (TPSA) is 25.8 Å². The molecule has 0 saturated carbocycles. The van der Waals surface area contributed by atoms with Crippen molar-refractivity contribution >= 4 is 11.0 Å². The molecule has 84 valence electrons. The highest BCUT2D eigenvalue weighted by molar-refractivity contribution is 5.74. The molecule has 0 unspecified atom stereocenters.